The molecule has 2 aromatic rings. The monoisotopic (exact) mass is 422 g/mol. The summed E-state index contributed by atoms with van der Waals surface area (Å²) in [6.45, 7) is -0.399. The SMILES string of the molecule is Nc1ncnc2c1c(Br)c(Br)n2C1O[C@H](CO)[C@@H](O)[C@H]1O. The topological polar surface area (TPSA) is 127 Å². The minimum atomic E-state index is -1.21. The molecular formula is C11H12Br2N4O4. The van der Waals surface area contributed by atoms with E-state index in [4.69, 9.17) is 10.5 Å². The number of halogens is 2. The predicted molar refractivity (Wildman–Crippen MR) is 80.3 cm³/mol. The van der Waals surface area contributed by atoms with Gasteiger partial charge in [0.15, 0.2) is 6.23 Å². The first-order valence-electron chi connectivity index (χ1n) is 6.05. The van der Waals surface area contributed by atoms with Crippen molar-refractivity contribution in [1.29, 1.82) is 0 Å². The van der Waals surface area contributed by atoms with Gasteiger partial charge in [0, 0.05) is 0 Å². The summed E-state index contributed by atoms with van der Waals surface area (Å²) in [4.78, 5) is 8.08. The number of fused-ring (bicyclic) bond motifs is 1. The van der Waals surface area contributed by atoms with E-state index in [0.717, 1.165) is 0 Å². The number of nitrogens with zero attached hydrogens (tertiary/aromatic N) is 3. The summed E-state index contributed by atoms with van der Waals surface area (Å²) < 4.78 is 8.24. The Bertz CT molecular complexity index is 694. The number of ether oxygens (including phenoxy) is 1. The van der Waals surface area contributed by atoms with E-state index < -0.39 is 31.1 Å². The maximum atomic E-state index is 10.2. The van der Waals surface area contributed by atoms with Crippen molar-refractivity contribution in [1.82, 2.24) is 14.5 Å². The lowest BCUT2D eigenvalue weighted by atomic mass is 10.1. The Morgan fingerprint density at radius 3 is 2.62 bits per heavy atom. The molecule has 0 bridgehead atoms. The lowest BCUT2D eigenvalue weighted by Crippen LogP contribution is -2.33. The van der Waals surface area contributed by atoms with E-state index in [9.17, 15) is 15.3 Å². The summed E-state index contributed by atoms with van der Waals surface area (Å²) in [7, 11) is 0. The Labute approximate surface area is 135 Å². The molecule has 0 radical (unpaired) electrons. The summed E-state index contributed by atoms with van der Waals surface area (Å²) in [5.41, 5.74) is 6.29. The highest BCUT2D eigenvalue weighted by atomic mass is 79.9. The Morgan fingerprint density at radius 2 is 2.00 bits per heavy atom. The van der Waals surface area contributed by atoms with E-state index in [0.29, 0.717) is 20.1 Å². The fraction of sp³-hybridized carbons (Fsp3) is 0.455. The minimum Gasteiger partial charge on any atom is -0.394 e. The van der Waals surface area contributed by atoms with Crippen LogP contribution in [-0.2, 0) is 4.74 Å². The van der Waals surface area contributed by atoms with E-state index >= 15 is 0 Å². The van der Waals surface area contributed by atoms with Gasteiger partial charge in [-0.2, -0.15) is 0 Å². The van der Waals surface area contributed by atoms with E-state index in [1.54, 1.807) is 4.57 Å². The molecule has 3 rings (SSSR count). The molecule has 8 nitrogen and oxygen atoms in total. The van der Waals surface area contributed by atoms with Gasteiger partial charge in [-0.3, -0.25) is 4.57 Å². The van der Waals surface area contributed by atoms with Gasteiger partial charge in [-0.1, -0.05) is 0 Å². The summed E-state index contributed by atoms with van der Waals surface area (Å²) in [6, 6.07) is 0. The third-order valence-electron chi connectivity index (χ3n) is 3.47. The molecule has 1 fully saturated rings. The molecular weight excluding hydrogens is 412 g/mol. The van der Waals surface area contributed by atoms with Crippen molar-refractivity contribution in [2.45, 2.75) is 24.5 Å². The quantitative estimate of drug-likeness (QED) is 0.541. The van der Waals surface area contributed by atoms with Crippen LogP contribution in [0.3, 0.4) is 0 Å². The van der Waals surface area contributed by atoms with Crippen LogP contribution < -0.4 is 5.73 Å². The average Bonchev–Trinajstić information content (AvgIpc) is 2.88. The number of aromatic nitrogens is 3. The summed E-state index contributed by atoms with van der Waals surface area (Å²) in [5.74, 6) is 0.276. The van der Waals surface area contributed by atoms with Crippen LogP contribution in [0.2, 0.25) is 0 Å². The summed E-state index contributed by atoms with van der Waals surface area (Å²) >= 11 is 6.77. The predicted octanol–water partition coefficient (Wildman–Crippen LogP) is 0.150. The van der Waals surface area contributed by atoms with E-state index in [1.165, 1.54) is 6.33 Å². The number of hydrogen-bond donors (Lipinski definition) is 4. The molecule has 5 N–H and O–H groups in total. The molecule has 1 saturated heterocycles. The molecule has 0 spiro atoms. The highest BCUT2D eigenvalue weighted by Crippen LogP contribution is 2.41. The summed E-state index contributed by atoms with van der Waals surface area (Å²) in [6.07, 6.45) is -2.88. The van der Waals surface area contributed by atoms with Crippen LogP contribution in [-0.4, -0.2) is 54.8 Å². The molecule has 4 atom stereocenters. The molecule has 3 heterocycles. The molecule has 10 heteroatoms. The van der Waals surface area contributed by atoms with E-state index in [-0.39, 0.29) is 5.82 Å². The number of nitrogen functional groups attached to an aromatic ring is 1. The Balaban J connectivity index is 2.18. The smallest absolute Gasteiger partial charge is 0.165 e. The fourth-order valence-corrected chi connectivity index (χ4v) is 3.55. The highest BCUT2D eigenvalue weighted by Gasteiger charge is 2.44. The Hall–Kier alpha value is -0.780. The average molecular weight is 424 g/mol. The largest absolute Gasteiger partial charge is 0.394 e. The van der Waals surface area contributed by atoms with Gasteiger partial charge in [-0.25, -0.2) is 9.97 Å². The zero-order chi connectivity index (χ0) is 15.3. The first-order chi connectivity index (χ1) is 9.97. The zero-order valence-corrected chi connectivity index (χ0v) is 13.7. The maximum Gasteiger partial charge on any atom is 0.165 e. The van der Waals surface area contributed by atoms with Gasteiger partial charge >= 0.3 is 0 Å². The van der Waals surface area contributed by atoms with Crippen LogP contribution in [0.5, 0.6) is 0 Å². The van der Waals surface area contributed by atoms with Crippen molar-refractivity contribution in [3.8, 4) is 0 Å². The fourth-order valence-electron chi connectivity index (χ4n) is 2.41. The van der Waals surface area contributed by atoms with Gasteiger partial charge in [0.25, 0.3) is 0 Å². The van der Waals surface area contributed by atoms with Crippen LogP contribution in [0.15, 0.2) is 15.4 Å². The number of anilines is 1. The molecule has 114 valence electrons. The second-order valence-electron chi connectivity index (χ2n) is 4.66. The molecule has 2 aromatic heterocycles. The first-order valence-corrected chi connectivity index (χ1v) is 7.63. The third-order valence-corrected chi connectivity index (χ3v) is 5.55. The lowest BCUT2D eigenvalue weighted by Gasteiger charge is -2.18. The van der Waals surface area contributed by atoms with E-state index in [2.05, 4.69) is 41.8 Å². The van der Waals surface area contributed by atoms with Crippen LogP contribution in [0.25, 0.3) is 11.0 Å². The molecule has 0 aliphatic carbocycles. The number of hydrogen-bond acceptors (Lipinski definition) is 7. The van der Waals surface area contributed by atoms with Crippen molar-refractivity contribution in [3.63, 3.8) is 0 Å². The third kappa shape index (κ3) is 2.17. The van der Waals surface area contributed by atoms with Crippen molar-refractivity contribution in [2.75, 3.05) is 12.3 Å². The number of aliphatic hydroxyl groups excluding tert-OH is 3. The van der Waals surface area contributed by atoms with Gasteiger partial charge in [0.05, 0.1) is 16.5 Å². The van der Waals surface area contributed by atoms with Gasteiger partial charge in [-0.05, 0) is 31.9 Å². The Morgan fingerprint density at radius 1 is 1.29 bits per heavy atom. The molecule has 0 saturated carbocycles. The van der Waals surface area contributed by atoms with Crippen LogP contribution in [0, 0.1) is 0 Å². The van der Waals surface area contributed by atoms with Gasteiger partial charge in [-0.15, -0.1) is 0 Å². The lowest BCUT2D eigenvalue weighted by molar-refractivity contribution is -0.0518. The molecule has 1 unspecified atom stereocenters. The molecule has 21 heavy (non-hydrogen) atoms. The standard InChI is InChI=1S/C11H12Br2N4O4/c12-5-4-9(14)15-2-16-10(4)17(8(5)13)11-7(20)6(19)3(1-18)21-11/h2-3,6-7,11,18-20H,1H2,(H2,14,15,16)/t3-,6-,7-,11?/m1/s1. The number of aliphatic hydroxyl groups is 3. The molecule has 0 aromatic carbocycles. The second kappa shape index (κ2) is 5.45. The maximum absolute atomic E-state index is 10.2. The van der Waals surface area contributed by atoms with Gasteiger partial charge < -0.3 is 25.8 Å². The highest BCUT2D eigenvalue weighted by molar-refractivity contribution is 9.13. The number of nitrogens with two attached hydrogens (primary N) is 1. The second-order valence-corrected chi connectivity index (χ2v) is 6.21. The van der Waals surface area contributed by atoms with Gasteiger partial charge in [0.2, 0.25) is 0 Å². The summed E-state index contributed by atoms with van der Waals surface area (Å²) in [5, 5.41) is 29.8. The molecule has 1 aliphatic heterocycles. The Kier molecular flexibility index (Phi) is 3.93. The van der Waals surface area contributed by atoms with Crippen molar-refractivity contribution < 1.29 is 20.1 Å². The van der Waals surface area contributed by atoms with Crippen LogP contribution >= 0.6 is 31.9 Å². The molecule has 1 aliphatic rings. The first kappa shape index (κ1) is 15.1. The zero-order valence-electron chi connectivity index (χ0n) is 10.5. The van der Waals surface area contributed by atoms with Gasteiger partial charge in [0.1, 0.15) is 40.7 Å². The van der Waals surface area contributed by atoms with Crippen LogP contribution in [0.4, 0.5) is 5.82 Å². The van der Waals surface area contributed by atoms with Crippen LogP contribution in [0.1, 0.15) is 6.23 Å². The normalized spacial score (nSPS) is 29.4. The van der Waals surface area contributed by atoms with E-state index in [1.807, 2.05) is 0 Å². The molecule has 0 amide bonds. The number of rotatable bonds is 2. The van der Waals surface area contributed by atoms with Crippen molar-refractivity contribution in [2.24, 2.45) is 0 Å². The minimum absolute atomic E-state index is 0.276. The van der Waals surface area contributed by atoms with Crippen molar-refractivity contribution in [3.05, 3.63) is 15.4 Å². The van der Waals surface area contributed by atoms with Crippen molar-refractivity contribution >= 4 is 48.7 Å².